The first-order valence-corrected chi connectivity index (χ1v) is 7.40. The second-order valence-corrected chi connectivity index (χ2v) is 5.21. The Labute approximate surface area is 141 Å². The third-order valence-corrected chi connectivity index (χ3v) is 3.22. The van der Waals surface area contributed by atoms with E-state index < -0.39 is 11.9 Å². The molecule has 1 aromatic carbocycles. The molecule has 0 atom stereocenters. The second-order valence-electron chi connectivity index (χ2n) is 4.78. The summed E-state index contributed by atoms with van der Waals surface area (Å²) >= 11 is 5.20. The number of hydrogen-bond acceptors (Lipinski definition) is 4. The highest BCUT2D eigenvalue weighted by atomic mass is 35.5. The maximum Gasteiger partial charge on any atom is 0.387 e. The number of carbonyl (C=O) groups excluding carboxylic acids is 2. The van der Waals surface area contributed by atoms with Gasteiger partial charge in [-0.1, -0.05) is 0 Å². The first-order chi connectivity index (χ1) is 11.5. The van der Waals surface area contributed by atoms with Gasteiger partial charge in [0.1, 0.15) is 11.4 Å². The number of amides is 1. The number of H-pyrrole nitrogens is 1. The Balaban J connectivity index is 1.94. The first-order valence-electron chi connectivity index (χ1n) is 7.03. The van der Waals surface area contributed by atoms with Crippen molar-refractivity contribution in [2.45, 2.75) is 19.5 Å². The molecule has 24 heavy (non-hydrogen) atoms. The minimum absolute atomic E-state index is 0.0380. The van der Waals surface area contributed by atoms with Gasteiger partial charge in [0, 0.05) is 18.5 Å². The average Bonchev–Trinajstić information content (AvgIpc) is 3.01. The summed E-state index contributed by atoms with van der Waals surface area (Å²) in [5.41, 5.74) is 1.37. The number of ether oxygens (including phenoxy) is 1. The lowest BCUT2D eigenvalue weighted by atomic mass is 10.1. The summed E-state index contributed by atoms with van der Waals surface area (Å²) in [6.45, 7) is -2.57. The quantitative estimate of drug-likeness (QED) is 0.562. The van der Waals surface area contributed by atoms with Crippen molar-refractivity contribution in [3.05, 3.63) is 36.0 Å². The topological polar surface area (TPSA) is 84.1 Å². The number of aromatic amines is 1. The zero-order valence-corrected chi connectivity index (χ0v) is 13.1. The van der Waals surface area contributed by atoms with E-state index in [1.807, 2.05) is 0 Å². The van der Waals surface area contributed by atoms with Crippen LogP contribution in [0.25, 0.3) is 11.3 Å². The van der Waals surface area contributed by atoms with Crippen LogP contribution in [0.3, 0.4) is 0 Å². The predicted molar refractivity (Wildman–Crippen MR) is 83.1 cm³/mol. The van der Waals surface area contributed by atoms with Gasteiger partial charge in [0.2, 0.25) is 5.24 Å². The van der Waals surface area contributed by atoms with Crippen LogP contribution < -0.4 is 10.1 Å². The minimum atomic E-state index is -2.88. The molecule has 0 fully saturated rings. The Morgan fingerprint density at radius 3 is 2.62 bits per heavy atom. The van der Waals surface area contributed by atoms with Gasteiger partial charge < -0.3 is 10.1 Å². The zero-order chi connectivity index (χ0) is 17.5. The monoisotopic (exact) mass is 357 g/mol. The van der Waals surface area contributed by atoms with Crippen LogP contribution in [0.5, 0.6) is 5.75 Å². The molecule has 0 unspecified atom stereocenters. The van der Waals surface area contributed by atoms with E-state index in [4.69, 9.17) is 11.6 Å². The summed E-state index contributed by atoms with van der Waals surface area (Å²) in [4.78, 5) is 22.5. The molecule has 0 aliphatic carbocycles. The molecular weight excluding hydrogens is 344 g/mol. The summed E-state index contributed by atoms with van der Waals surface area (Å²) in [5, 5.41) is 8.77. The molecule has 0 aliphatic rings. The fourth-order valence-corrected chi connectivity index (χ4v) is 2.05. The van der Waals surface area contributed by atoms with Crippen molar-refractivity contribution in [1.82, 2.24) is 15.5 Å². The van der Waals surface area contributed by atoms with Gasteiger partial charge >= 0.3 is 6.61 Å². The van der Waals surface area contributed by atoms with Crippen molar-refractivity contribution in [2.75, 3.05) is 6.54 Å². The largest absolute Gasteiger partial charge is 0.435 e. The van der Waals surface area contributed by atoms with E-state index in [2.05, 4.69) is 20.3 Å². The lowest BCUT2D eigenvalue weighted by Crippen LogP contribution is -2.25. The van der Waals surface area contributed by atoms with Crippen LogP contribution >= 0.6 is 11.6 Å². The lowest BCUT2D eigenvalue weighted by molar-refractivity contribution is -0.111. The predicted octanol–water partition coefficient (Wildman–Crippen LogP) is 2.95. The molecule has 0 aliphatic heterocycles. The number of rotatable bonds is 8. The molecule has 2 N–H and O–H groups in total. The van der Waals surface area contributed by atoms with E-state index in [0.29, 0.717) is 24.2 Å². The molecule has 0 saturated heterocycles. The summed E-state index contributed by atoms with van der Waals surface area (Å²) in [7, 11) is 0. The van der Waals surface area contributed by atoms with E-state index in [0.717, 1.165) is 0 Å². The highest BCUT2D eigenvalue weighted by Gasteiger charge is 2.11. The summed E-state index contributed by atoms with van der Waals surface area (Å²) in [6.07, 6.45) is 0.629. The number of hydrogen-bond donors (Lipinski definition) is 2. The smallest absolute Gasteiger partial charge is 0.387 e. The van der Waals surface area contributed by atoms with Crippen LogP contribution in [0.4, 0.5) is 8.78 Å². The van der Waals surface area contributed by atoms with E-state index in [-0.39, 0.29) is 23.8 Å². The van der Waals surface area contributed by atoms with Crippen molar-refractivity contribution in [3.63, 3.8) is 0 Å². The Morgan fingerprint density at radius 1 is 1.29 bits per heavy atom. The maximum absolute atomic E-state index is 12.1. The number of carbonyl (C=O) groups is 2. The standard InChI is InChI=1S/C15H14ClF2N3O3/c16-13(22)2-1-7-19-14(23)12-8-11(20-21-12)9-3-5-10(6-4-9)24-15(17)18/h3-6,8,15H,1-2,7H2,(H,19,23)(H,20,21). The first kappa shape index (κ1) is 17.9. The maximum atomic E-state index is 12.1. The number of alkyl halides is 2. The second kappa shape index (κ2) is 8.39. The van der Waals surface area contributed by atoms with Crippen molar-refractivity contribution in [2.24, 2.45) is 0 Å². The van der Waals surface area contributed by atoms with E-state index >= 15 is 0 Å². The Bertz CT molecular complexity index is 704. The van der Waals surface area contributed by atoms with Gasteiger partial charge in [0.15, 0.2) is 0 Å². The van der Waals surface area contributed by atoms with Crippen molar-refractivity contribution in [3.8, 4) is 17.0 Å². The van der Waals surface area contributed by atoms with Gasteiger partial charge in [-0.15, -0.1) is 0 Å². The molecular formula is C15H14ClF2N3O3. The third-order valence-electron chi connectivity index (χ3n) is 3.03. The summed E-state index contributed by atoms with van der Waals surface area (Å²) in [5.74, 6) is -0.329. The van der Waals surface area contributed by atoms with Crippen LogP contribution in [0, 0.1) is 0 Å². The Hall–Kier alpha value is -2.48. The molecule has 0 spiro atoms. The van der Waals surface area contributed by atoms with Gasteiger partial charge in [0.05, 0.1) is 5.69 Å². The summed E-state index contributed by atoms with van der Waals surface area (Å²) < 4.78 is 28.5. The van der Waals surface area contributed by atoms with Crippen molar-refractivity contribution in [1.29, 1.82) is 0 Å². The number of nitrogens with zero attached hydrogens (tertiary/aromatic N) is 1. The molecule has 1 heterocycles. The molecule has 2 aromatic rings. The normalized spacial score (nSPS) is 10.7. The Kier molecular flexibility index (Phi) is 6.25. The van der Waals surface area contributed by atoms with Crippen LogP contribution in [-0.4, -0.2) is 34.5 Å². The number of aromatic nitrogens is 2. The van der Waals surface area contributed by atoms with Crippen molar-refractivity contribution >= 4 is 22.8 Å². The Morgan fingerprint density at radius 2 is 2.00 bits per heavy atom. The fourth-order valence-electron chi connectivity index (χ4n) is 1.92. The highest BCUT2D eigenvalue weighted by molar-refractivity contribution is 6.63. The van der Waals surface area contributed by atoms with E-state index in [1.54, 1.807) is 12.1 Å². The van der Waals surface area contributed by atoms with Crippen LogP contribution in [-0.2, 0) is 4.79 Å². The van der Waals surface area contributed by atoms with Crippen LogP contribution in [0.1, 0.15) is 23.3 Å². The van der Waals surface area contributed by atoms with Gasteiger partial charge in [-0.3, -0.25) is 14.7 Å². The number of halogens is 3. The lowest BCUT2D eigenvalue weighted by Gasteiger charge is -2.04. The van der Waals surface area contributed by atoms with Gasteiger partial charge in [0.25, 0.3) is 5.91 Å². The van der Waals surface area contributed by atoms with Gasteiger partial charge in [-0.05, 0) is 48.4 Å². The SMILES string of the molecule is O=C(Cl)CCCNC(=O)c1cc(-c2ccc(OC(F)F)cc2)n[nH]1. The number of benzene rings is 1. The highest BCUT2D eigenvalue weighted by Crippen LogP contribution is 2.22. The fraction of sp³-hybridized carbons (Fsp3) is 0.267. The van der Waals surface area contributed by atoms with E-state index in [1.165, 1.54) is 18.2 Å². The molecule has 128 valence electrons. The third kappa shape index (κ3) is 5.31. The van der Waals surface area contributed by atoms with Crippen LogP contribution in [0.2, 0.25) is 0 Å². The molecule has 0 radical (unpaired) electrons. The van der Waals surface area contributed by atoms with Gasteiger partial charge in [-0.25, -0.2) is 0 Å². The minimum Gasteiger partial charge on any atom is -0.435 e. The van der Waals surface area contributed by atoms with Crippen molar-refractivity contribution < 1.29 is 23.1 Å². The zero-order valence-electron chi connectivity index (χ0n) is 12.4. The van der Waals surface area contributed by atoms with E-state index in [9.17, 15) is 18.4 Å². The number of nitrogens with one attached hydrogen (secondary N) is 2. The van der Waals surface area contributed by atoms with Gasteiger partial charge in [-0.2, -0.15) is 13.9 Å². The van der Waals surface area contributed by atoms with Crippen LogP contribution in [0.15, 0.2) is 30.3 Å². The molecule has 9 heteroatoms. The molecule has 1 aromatic heterocycles. The summed E-state index contributed by atoms with van der Waals surface area (Å²) in [6, 6.07) is 7.42. The molecule has 0 bridgehead atoms. The molecule has 0 saturated carbocycles. The average molecular weight is 358 g/mol. The molecule has 6 nitrogen and oxygen atoms in total. The molecule has 1 amide bonds. The molecule has 2 rings (SSSR count).